The van der Waals surface area contributed by atoms with E-state index in [1.54, 1.807) is 0 Å². The molecule has 0 aromatic carbocycles. The fourth-order valence-electron chi connectivity index (χ4n) is 1.99. The molecule has 1 fully saturated rings. The van der Waals surface area contributed by atoms with Crippen molar-refractivity contribution in [1.82, 2.24) is 4.90 Å². The van der Waals surface area contributed by atoms with E-state index in [-0.39, 0.29) is 0 Å². The number of ether oxygens (including phenoxy) is 1. The van der Waals surface area contributed by atoms with Crippen molar-refractivity contribution >= 4 is 17.2 Å². The molecule has 0 aromatic rings. The van der Waals surface area contributed by atoms with Gasteiger partial charge in [0.1, 0.15) is 0 Å². The highest BCUT2D eigenvalue weighted by molar-refractivity contribution is 7.80. The molecule has 2 nitrogen and oxygen atoms in total. The van der Waals surface area contributed by atoms with Crippen LogP contribution < -0.4 is 0 Å². The third-order valence-corrected chi connectivity index (χ3v) is 3.66. The Morgan fingerprint density at radius 3 is 2.53 bits per heavy atom. The van der Waals surface area contributed by atoms with Gasteiger partial charge in [-0.15, -0.1) is 0 Å². The fourth-order valence-corrected chi connectivity index (χ4v) is 2.46. The summed E-state index contributed by atoms with van der Waals surface area (Å²) in [6, 6.07) is 0. The predicted molar refractivity (Wildman–Crippen MR) is 68.3 cm³/mol. The lowest BCUT2D eigenvalue weighted by molar-refractivity contribution is 0.0669. The van der Waals surface area contributed by atoms with Gasteiger partial charge in [-0.2, -0.15) is 0 Å². The Labute approximate surface area is 99.0 Å². The van der Waals surface area contributed by atoms with Crippen molar-refractivity contribution in [2.75, 3.05) is 26.3 Å². The van der Waals surface area contributed by atoms with Gasteiger partial charge in [-0.25, -0.2) is 0 Å². The Morgan fingerprint density at radius 1 is 1.33 bits per heavy atom. The van der Waals surface area contributed by atoms with Gasteiger partial charge in [-0.05, 0) is 12.8 Å². The largest absolute Gasteiger partial charge is 0.378 e. The number of nitrogens with zero attached hydrogens (tertiary/aromatic N) is 1. The lowest BCUT2D eigenvalue weighted by atomic mass is 9.98. The molecular formula is C12H23NOS. The first-order chi connectivity index (χ1) is 7.29. The van der Waals surface area contributed by atoms with E-state index < -0.39 is 0 Å². The number of unbranched alkanes of at least 4 members (excludes halogenated alkanes) is 1. The van der Waals surface area contributed by atoms with E-state index in [9.17, 15) is 0 Å². The Bertz CT molecular complexity index is 190. The van der Waals surface area contributed by atoms with E-state index in [1.165, 1.54) is 30.7 Å². The summed E-state index contributed by atoms with van der Waals surface area (Å²) in [5, 5.41) is 0. The molecular weight excluding hydrogens is 206 g/mol. The van der Waals surface area contributed by atoms with Crippen LogP contribution in [0.4, 0.5) is 0 Å². The first-order valence-electron chi connectivity index (χ1n) is 6.16. The van der Waals surface area contributed by atoms with Crippen molar-refractivity contribution in [3.05, 3.63) is 0 Å². The summed E-state index contributed by atoms with van der Waals surface area (Å²) in [6.07, 6.45) is 4.99. The molecule has 1 rings (SSSR count). The van der Waals surface area contributed by atoms with Gasteiger partial charge < -0.3 is 9.64 Å². The molecule has 0 spiro atoms. The molecule has 0 unspecified atom stereocenters. The van der Waals surface area contributed by atoms with E-state index >= 15 is 0 Å². The summed E-state index contributed by atoms with van der Waals surface area (Å²) in [7, 11) is 0. The van der Waals surface area contributed by atoms with Crippen LogP contribution in [0.1, 0.15) is 39.5 Å². The fraction of sp³-hybridized carbons (Fsp3) is 0.917. The monoisotopic (exact) mass is 229 g/mol. The minimum Gasteiger partial charge on any atom is -0.378 e. The van der Waals surface area contributed by atoms with Crippen LogP contribution in [0.3, 0.4) is 0 Å². The molecule has 1 aliphatic rings. The third-order valence-electron chi connectivity index (χ3n) is 3.07. The molecule has 0 saturated carbocycles. The van der Waals surface area contributed by atoms with Crippen molar-refractivity contribution in [3.63, 3.8) is 0 Å². The molecule has 0 aromatic heterocycles. The van der Waals surface area contributed by atoms with Gasteiger partial charge in [-0.1, -0.05) is 38.9 Å². The molecule has 3 heteroatoms. The van der Waals surface area contributed by atoms with E-state index in [0.29, 0.717) is 5.92 Å². The van der Waals surface area contributed by atoms with Gasteiger partial charge in [0.25, 0.3) is 0 Å². The maximum Gasteiger partial charge on any atom is 0.0812 e. The van der Waals surface area contributed by atoms with E-state index in [1.807, 2.05) is 0 Å². The second kappa shape index (κ2) is 7.18. The van der Waals surface area contributed by atoms with Crippen molar-refractivity contribution in [3.8, 4) is 0 Å². The first-order valence-corrected chi connectivity index (χ1v) is 6.57. The molecule has 1 saturated heterocycles. The number of hydrogen-bond donors (Lipinski definition) is 0. The maximum absolute atomic E-state index is 5.58. The average molecular weight is 229 g/mol. The van der Waals surface area contributed by atoms with Crippen molar-refractivity contribution in [2.24, 2.45) is 5.92 Å². The molecule has 0 aliphatic carbocycles. The standard InChI is InChI=1S/C12H23NOS/c1-3-5-6-11(4-2)12(15)13-7-9-14-10-8-13/h11H,3-10H2,1-2H3/t11-/m1/s1. The molecule has 0 N–H and O–H groups in total. The molecule has 1 heterocycles. The summed E-state index contributed by atoms with van der Waals surface area (Å²) in [4.78, 5) is 3.51. The van der Waals surface area contributed by atoms with Crippen LogP contribution in [0.2, 0.25) is 0 Å². The molecule has 1 aliphatic heterocycles. The van der Waals surface area contributed by atoms with E-state index in [2.05, 4.69) is 18.7 Å². The molecule has 0 amide bonds. The lowest BCUT2D eigenvalue weighted by Gasteiger charge is -2.32. The number of rotatable bonds is 5. The Hall–Kier alpha value is -0.150. The van der Waals surface area contributed by atoms with Crippen LogP contribution >= 0.6 is 12.2 Å². The van der Waals surface area contributed by atoms with Gasteiger partial charge in [0, 0.05) is 19.0 Å². The highest BCUT2D eigenvalue weighted by Crippen LogP contribution is 2.18. The average Bonchev–Trinajstić information content (AvgIpc) is 2.31. The Balaban J connectivity index is 2.40. The predicted octanol–water partition coefficient (Wildman–Crippen LogP) is 2.86. The normalized spacial score (nSPS) is 18.9. The Kier molecular flexibility index (Phi) is 6.18. The van der Waals surface area contributed by atoms with Crippen LogP contribution in [0, 0.1) is 5.92 Å². The second-order valence-electron chi connectivity index (χ2n) is 4.19. The van der Waals surface area contributed by atoms with Gasteiger partial charge in [0.15, 0.2) is 0 Å². The zero-order chi connectivity index (χ0) is 11.1. The zero-order valence-electron chi connectivity index (χ0n) is 10.00. The van der Waals surface area contributed by atoms with Gasteiger partial charge in [0.05, 0.1) is 18.2 Å². The van der Waals surface area contributed by atoms with E-state index in [4.69, 9.17) is 17.0 Å². The van der Waals surface area contributed by atoms with Crippen LogP contribution in [0.5, 0.6) is 0 Å². The number of thiocarbonyl (C=S) groups is 1. The minimum atomic E-state index is 0.609. The van der Waals surface area contributed by atoms with Gasteiger partial charge in [0.2, 0.25) is 0 Å². The first kappa shape index (κ1) is 12.9. The summed E-state index contributed by atoms with van der Waals surface area (Å²) in [5.41, 5.74) is 0. The molecule has 15 heavy (non-hydrogen) atoms. The van der Waals surface area contributed by atoms with E-state index in [0.717, 1.165) is 26.3 Å². The summed E-state index contributed by atoms with van der Waals surface area (Å²) in [5.74, 6) is 0.609. The van der Waals surface area contributed by atoms with Gasteiger partial charge >= 0.3 is 0 Å². The molecule has 88 valence electrons. The molecule has 0 bridgehead atoms. The summed E-state index contributed by atoms with van der Waals surface area (Å²) >= 11 is 5.58. The zero-order valence-corrected chi connectivity index (χ0v) is 10.8. The highest BCUT2D eigenvalue weighted by atomic mass is 32.1. The maximum atomic E-state index is 5.58. The van der Waals surface area contributed by atoms with Crippen molar-refractivity contribution in [2.45, 2.75) is 39.5 Å². The van der Waals surface area contributed by atoms with Gasteiger partial charge in [-0.3, -0.25) is 0 Å². The summed E-state index contributed by atoms with van der Waals surface area (Å²) in [6.45, 7) is 8.13. The van der Waals surface area contributed by atoms with Crippen LogP contribution in [0.15, 0.2) is 0 Å². The number of morpholine rings is 1. The van der Waals surface area contributed by atoms with Crippen LogP contribution in [-0.4, -0.2) is 36.2 Å². The second-order valence-corrected chi connectivity index (χ2v) is 4.60. The lowest BCUT2D eigenvalue weighted by Crippen LogP contribution is -2.42. The van der Waals surface area contributed by atoms with Crippen LogP contribution in [0.25, 0.3) is 0 Å². The topological polar surface area (TPSA) is 12.5 Å². The van der Waals surface area contributed by atoms with Crippen molar-refractivity contribution in [1.29, 1.82) is 0 Å². The molecule has 0 radical (unpaired) electrons. The Morgan fingerprint density at radius 2 is 2.00 bits per heavy atom. The SMILES string of the molecule is CCCC[C@@H](CC)C(=S)N1CCOCC1. The highest BCUT2D eigenvalue weighted by Gasteiger charge is 2.20. The van der Waals surface area contributed by atoms with Crippen molar-refractivity contribution < 1.29 is 4.74 Å². The summed E-state index contributed by atoms with van der Waals surface area (Å²) < 4.78 is 5.34. The minimum absolute atomic E-state index is 0.609. The van der Waals surface area contributed by atoms with Crippen LogP contribution in [-0.2, 0) is 4.74 Å². The number of hydrogen-bond acceptors (Lipinski definition) is 2. The quantitative estimate of drug-likeness (QED) is 0.673. The smallest absolute Gasteiger partial charge is 0.0812 e. The third kappa shape index (κ3) is 4.07. The molecule has 1 atom stereocenters.